The Morgan fingerprint density at radius 1 is 1.10 bits per heavy atom. The first-order valence-electron chi connectivity index (χ1n) is 7.81. The molecule has 3 heterocycles. The Labute approximate surface area is 119 Å². The molecule has 3 aliphatic heterocycles. The summed E-state index contributed by atoms with van der Waals surface area (Å²) in [5.74, 6) is 1.52. The molecule has 0 spiro atoms. The molecule has 0 amide bonds. The Morgan fingerprint density at radius 3 is 2.60 bits per heavy atom. The van der Waals surface area contributed by atoms with E-state index in [1.54, 1.807) is 0 Å². The van der Waals surface area contributed by atoms with Crippen LogP contribution in [0.2, 0.25) is 0 Å². The largest absolute Gasteiger partial charge is 0.488 e. The van der Waals surface area contributed by atoms with Crippen molar-refractivity contribution >= 4 is 5.78 Å². The fraction of sp³-hybridized carbons (Fsp3) is 0.588. The van der Waals surface area contributed by atoms with Gasteiger partial charge in [-0.15, -0.1) is 0 Å². The van der Waals surface area contributed by atoms with Crippen LogP contribution in [0.4, 0.5) is 0 Å². The highest BCUT2D eigenvalue weighted by Crippen LogP contribution is 2.35. The molecule has 3 heteroatoms. The van der Waals surface area contributed by atoms with E-state index in [1.807, 2.05) is 6.07 Å². The van der Waals surface area contributed by atoms with Gasteiger partial charge in [0.25, 0.3) is 0 Å². The average Bonchev–Trinajstić information content (AvgIpc) is 2.82. The highest BCUT2D eigenvalue weighted by Gasteiger charge is 2.39. The summed E-state index contributed by atoms with van der Waals surface area (Å²) in [6.45, 7) is 0.983. The number of carbonyl (C=O) groups is 1. The van der Waals surface area contributed by atoms with Gasteiger partial charge in [-0.2, -0.15) is 0 Å². The Kier molecular flexibility index (Phi) is 3.03. The van der Waals surface area contributed by atoms with Crippen LogP contribution in [0.15, 0.2) is 24.3 Å². The van der Waals surface area contributed by atoms with Crippen molar-refractivity contribution < 1.29 is 9.53 Å². The number of Topliss-reactive ketones (excluding diaryl/α,β-unsaturated/α-hetero) is 1. The molecule has 0 aromatic heterocycles. The lowest BCUT2D eigenvalue weighted by atomic mass is 9.83. The van der Waals surface area contributed by atoms with Crippen LogP contribution in [0.25, 0.3) is 0 Å². The quantitative estimate of drug-likeness (QED) is 0.828. The molecule has 2 fully saturated rings. The number of carbonyl (C=O) groups excluding carboxylic acids is 1. The second-order valence-electron chi connectivity index (χ2n) is 6.43. The summed E-state index contributed by atoms with van der Waals surface area (Å²) in [5, 5.41) is 0. The van der Waals surface area contributed by atoms with Crippen molar-refractivity contribution in [2.24, 2.45) is 0 Å². The lowest BCUT2D eigenvalue weighted by Gasteiger charge is -2.46. The number of hydrogen-bond acceptors (Lipinski definition) is 3. The molecule has 4 rings (SSSR count). The fourth-order valence-corrected chi connectivity index (χ4v) is 4.16. The van der Waals surface area contributed by atoms with Crippen LogP contribution in [0, 0.1) is 0 Å². The standard InChI is InChI=1S/C17H21NO2/c19-15-9-13-5-3-6-14(10-15)18(13)11-16-8-12-4-1-2-7-17(12)20-16/h1-2,4,7,13-14,16H,3,5-6,8-11H2. The third-order valence-electron chi connectivity index (χ3n) is 5.07. The molecular formula is C17H21NO2. The van der Waals surface area contributed by atoms with Crippen molar-refractivity contribution in [3.8, 4) is 5.75 Å². The molecule has 20 heavy (non-hydrogen) atoms. The number of benzene rings is 1. The van der Waals surface area contributed by atoms with Gasteiger partial charge in [0.05, 0.1) is 0 Å². The number of rotatable bonds is 2. The van der Waals surface area contributed by atoms with E-state index in [2.05, 4.69) is 23.1 Å². The van der Waals surface area contributed by atoms with Crippen molar-refractivity contribution in [1.82, 2.24) is 4.90 Å². The Morgan fingerprint density at radius 2 is 1.85 bits per heavy atom. The van der Waals surface area contributed by atoms with Crippen molar-refractivity contribution in [2.75, 3.05) is 6.54 Å². The minimum atomic E-state index is 0.267. The summed E-state index contributed by atoms with van der Waals surface area (Å²) in [4.78, 5) is 14.4. The normalized spacial score (nSPS) is 32.8. The predicted octanol–water partition coefficient (Wildman–Crippen LogP) is 2.58. The zero-order chi connectivity index (χ0) is 13.5. The van der Waals surface area contributed by atoms with Gasteiger partial charge >= 0.3 is 0 Å². The molecule has 3 nitrogen and oxygen atoms in total. The molecule has 0 saturated carbocycles. The smallest absolute Gasteiger partial charge is 0.136 e. The van der Waals surface area contributed by atoms with Gasteiger partial charge in [-0.25, -0.2) is 0 Å². The maximum Gasteiger partial charge on any atom is 0.136 e. The molecule has 3 atom stereocenters. The van der Waals surface area contributed by atoms with E-state index in [4.69, 9.17) is 4.74 Å². The van der Waals surface area contributed by atoms with Crippen LogP contribution in [-0.4, -0.2) is 35.4 Å². The Bertz CT molecular complexity index is 486. The van der Waals surface area contributed by atoms with E-state index in [0.29, 0.717) is 17.9 Å². The van der Waals surface area contributed by atoms with Gasteiger partial charge in [0.15, 0.2) is 0 Å². The second kappa shape index (κ2) is 4.88. The molecule has 2 saturated heterocycles. The molecule has 1 aromatic carbocycles. The van der Waals surface area contributed by atoms with E-state index in [-0.39, 0.29) is 6.10 Å². The van der Waals surface area contributed by atoms with Gasteiger partial charge in [-0.3, -0.25) is 9.69 Å². The molecule has 3 aliphatic rings. The monoisotopic (exact) mass is 271 g/mol. The van der Waals surface area contributed by atoms with E-state index >= 15 is 0 Å². The summed E-state index contributed by atoms with van der Waals surface area (Å²) in [5.41, 5.74) is 1.33. The number of ether oxygens (including phenoxy) is 1. The van der Waals surface area contributed by atoms with Crippen LogP contribution in [0.1, 0.15) is 37.7 Å². The van der Waals surface area contributed by atoms with E-state index in [1.165, 1.54) is 24.8 Å². The van der Waals surface area contributed by atoms with Crippen molar-refractivity contribution in [3.05, 3.63) is 29.8 Å². The topological polar surface area (TPSA) is 29.5 Å². The lowest BCUT2D eigenvalue weighted by molar-refractivity contribution is -0.127. The maximum absolute atomic E-state index is 11.8. The minimum absolute atomic E-state index is 0.267. The zero-order valence-corrected chi connectivity index (χ0v) is 11.8. The summed E-state index contributed by atoms with van der Waals surface area (Å²) in [6.07, 6.45) is 6.45. The highest BCUT2D eigenvalue weighted by molar-refractivity contribution is 5.80. The van der Waals surface area contributed by atoms with Crippen molar-refractivity contribution in [3.63, 3.8) is 0 Å². The molecular weight excluding hydrogens is 250 g/mol. The van der Waals surface area contributed by atoms with Crippen LogP contribution in [0.3, 0.4) is 0 Å². The van der Waals surface area contributed by atoms with E-state index in [0.717, 1.165) is 31.6 Å². The first-order valence-corrected chi connectivity index (χ1v) is 7.81. The van der Waals surface area contributed by atoms with Crippen LogP contribution < -0.4 is 4.74 Å². The van der Waals surface area contributed by atoms with Crippen molar-refractivity contribution in [1.29, 1.82) is 0 Å². The average molecular weight is 271 g/mol. The summed E-state index contributed by atoms with van der Waals surface area (Å²) in [7, 11) is 0. The Balaban J connectivity index is 1.46. The van der Waals surface area contributed by atoms with E-state index in [9.17, 15) is 4.79 Å². The van der Waals surface area contributed by atoms with Crippen LogP contribution in [0.5, 0.6) is 5.75 Å². The van der Waals surface area contributed by atoms with Crippen LogP contribution >= 0.6 is 0 Å². The zero-order valence-electron chi connectivity index (χ0n) is 11.8. The molecule has 106 valence electrons. The fourth-order valence-electron chi connectivity index (χ4n) is 4.16. The van der Waals surface area contributed by atoms with Crippen LogP contribution in [-0.2, 0) is 11.2 Å². The Hall–Kier alpha value is -1.35. The molecule has 1 aromatic rings. The summed E-state index contributed by atoms with van der Waals surface area (Å²) >= 11 is 0. The maximum atomic E-state index is 11.8. The van der Waals surface area contributed by atoms with Gasteiger partial charge < -0.3 is 4.74 Å². The lowest BCUT2D eigenvalue weighted by Crippen LogP contribution is -2.55. The molecule has 3 unspecified atom stereocenters. The van der Waals surface area contributed by atoms with Gasteiger partial charge in [0.1, 0.15) is 17.6 Å². The number of ketones is 1. The number of piperidine rings is 2. The summed E-state index contributed by atoms with van der Waals surface area (Å²) < 4.78 is 6.08. The predicted molar refractivity (Wildman–Crippen MR) is 76.9 cm³/mol. The van der Waals surface area contributed by atoms with Gasteiger partial charge in [-0.05, 0) is 24.5 Å². The molecule has 0 N–H and O–H groups in total. The van der Waals surface area contributed by atoms with Gasteiger partial charge in [-0.1, -0.05) is 24.6 Å². The third kappa shape index (κ3) is 2.14. The van der Waals surface area contributed by atoms with Gasteiger partial charge in [0.2, 0.25) is 0 Å². The molecule has 2 bridgehead atoms. The number of nitrogens with zero attached hydrogens (tertiary/aromatic N) is 1. The molecule has 0 radical (unpaired) electrons. The number of para-hydroxylation sites is 1. The first kappa shape index (κ1) is 12.4. The second-order valence-corrected chi connectivity index (χ2v) is 6.43. The van der Waals surface area contributed by atoms with Crippen molar-refractivity contribution in [2.45, 2.75) is 56.7 Å². The SMILES string of the molecule is O=C1CC2CCCC(C1)N2CC1Cc2ccccc2O1. The molecule has 0 aliphatic carbocycles. The van der Waals surface area contributed by atoms with E-state index < -0.39 is 0 Å². The third-order valence-corrected chi connectivity index (χ3v) is 5.07. The number of fused-ring (bicyclic) bond motifs is 3. The minimum Gasteiger partial charge on any atom is -0.488 e. The number of hydrogen-bond donors (Lipinski definition) is 0. The first-order chi connectivity index (χ1) is 9.79. The summed E-state index contributed by atoms with van der Waals surface area (Å²) in [6, 6.07) is 9.30. The highest BCUT2D eigenvalue weighted by atomic mass is 16.5. The van der Waals surface area contributed by atoms with Gasteiger partial charge in [0, 0.05) is 37.9 Å².